The van der Waals surface area contributed by atoms with E-state index in [0.717, 1.165) is 11.3 Å². The van der Waals surface area contributed by atoms with Gasteiger partial charge in [0.2, 0.25) is 0 Å². The Morgan fingerprint density at radius 2 is 1.44 bits per heavy atom. The minimum absolute atomic E-state index is 0.0817. The first-order valence-electron chi connectivity index (χ1n) is 6.12. The van der Waals surface area contributed by atoms with E-state index >= 15 is 0 Å². The Morgan fingerprint density at radius 3 is 1.89 bits per heavy atom. The SMILES string of the molecule is Cc1ccc(N(OCCCO)OCCCO)cc1. The van der Waals surface area contributed by atoms with Gasteiger partial charge in [0.1, 0.15) is 0 Å². The Hall–Kier alpha value is -1.14. The summed E-state index contributed by atoms with van der Waals surface area (Å²) in [6.45, 7) is 2.93. The van der Waals surface area contributed by atoms with E-state index in [1.165, 1.54) is 5.23 Å². The molecule has 0 spiro atoms. The van der Waals surface area contributed by atoms with Crippen LogP contribution in [0.4, 0.5) is 5.69 Å². The van der Waals surface area contributed by atoms with Crippen molar-refractivity contribution >= 4 is 5.69 Å². The van der Waals surface area contributed by atoms with Gasteiger partial charge >= 0.3 is 0 Å². The molecule has 0 aliphatic heterocycles. The van der Waals surface area contributed by atoms with Crippen LogP contribution >= 0.6 is 0 Å². The number of rotatable bonds is 9. The van der Waals surface area contributed by atoms with E-state index in [1.54, 1.807) is 0 Å². The van der Waals surface area contributed by atoms with Crippen LogP contribution in [-0.2, 0) is 9.68 Å². The van der Waals surface area contributed by atoms with Gasteiger partial charge in [0, 0.05) is 13.2 Å². The molecule has 1 aromatic carbocycles. The van der Waals surface area contributed by atoms with Crippen LogP contribution in [0.25, 0.3) is 0 Å². The van der Waals surface area contributed by atoms with Gasteiger partial charge in [-0.1, -0.05) is 17.7 Å². The second-order valence-corrected chi connectivity index (χ2v) is 3.91. The van der Waals surface area contributed by atoms with Gasteiger partial charge in [-0.3, -0.25) is 0 Å². The minimum Gasteiger partial charge on any atom is -0.396 e. The average molecular weight is 255 g/mol. The van der Waals surface area contributed by atoms with Gasteiger partial charge in [-0.2, -0.15) is 0 Å². The highest BCUT2D eigenvalue weighted by molar-refractivity contribution is 5.43. The Labute approximate surface area is 107 Å². The summed E-state index contributed by atoms with van der Waals surface area (Å²) < 4.78 is 0. The summed E-state index contributed by atoms with van der Waals surface area (Å²) in [5.74, 6) is 0. The molecule has 1 aromatic rings. The first kappa shape index (κ1) is 14.9. The van der Waals surface area contributed by atoms with Gasteiger partial charge in [-0.25, -0.2) is 9.68 Å². The molecule has 1 rings (SSSR count). The average Bonchev–Trinajstić information content (AvgIpc) is 2.38. The van der Waals surface area contributed by atoms with E-state index in [4.69, 9.17) is 19.9 Å². The van der Waals surface area contributed by atoms with Gasteiger partial charge in [-0.15, -0.1) is 5.23 Å². The smallest absolute Gasteiger partial charge is 0.0947 e. The fraction of sp³-hybridized carbons (Fsp3) is 0.538. The van der Waals surface area contributed by atoms with E-state index in [1.807, 2.05) is 31.2 Å². The third kappa shape index (κ3) is 5.46. The maximum absolute atomic E-state index is 8.73. The lowest BCUT2D eigenvalue weighted by molar-refractivity contribution is -0.0940. The molecule has 0 radical (unpaired) electrons. The Kier molecular flexibility index (Phi) is 7.36. The number of hydrogen-bond donors (Lipinski definition) is 2. The van der Waals surface area contributed by atoms with Gasteiger partial charge in [0.25, 0.3) is 0 Å². The molecule has 102 valence electrons. The van der Waals surface area contributed by atoms with Crippen molar-refractivity contribution in [1.82, 2.24) is 0 Å². The highest BCUT2D eigenvalue weighted by Gasteiger charge is 2.07. The molecule has 18 heavy (non-hydrogen) atoms. The third-order valence-electron chi connectivity index (χ3n) is 2.27. The summed E-state index contributed by atoms with van der Waals surface area (Å²) >= 11 is 0. The molecule has 5 heteroatoms. The molecule has 0 amide bonds. The van der Waals surface area contributed by atoms with Crippen LogP contribution in [0, 0.1) is 6.92 Å². The molecule has 5 nitrogen and oxygen atoms in total. The topological polar surface area (TPSA) is 62.2 Å². The second kappa shape index (κ2) is 8.88. The van der Waals surface area contributed by atoms with Crippen molar-refractivity contribution in [1.29, 1.82) is 0 Å². The molecule has 0 aromatic heterocycles. The second-order valence-electron chi connectivity index (χ2n) is 3.91. The summed E-state index contributed by atoms with van der Waals surface area (Å²) in [7, 11) is 0. The van der Waals surface area contributed by atoms with Crippen LogP contribution in [0.2, 0.25) is 0 Å². The molecule has 0 aliphatic carbocycles. The highest BCUT2D eigenvalue weighted by Crippen LogP contribution is 2.16. The summed E-state index contributed by atoms with van der Waals surface area (Å²) in [6, 6.07) is 7.72. The van der Waals surface area contributed by atoms with Crippen molar-refractivity contribution in [2.45, 2.75) is 19.8 Å². The minimum atomic E-state index is 0.0817. The molecule has 0 aliphatic rings. The monoisotopic (exact) mass is 255 g/mol. The van der Waals surface area contributed by atoms with Gasteiger partial charge in [0.05, 0.1) is 18.9 Å². The molecular formula is C13H21NO4. The lowest BCUT2D eigenvalue weighted by Gasteiger charge is -2.22. The van der Waals surface area contributed by atoms with Crippen LogP contribution in [-0.4, -0.2) is 36.6 Å². The Bertz CT molecular complexity index is 305. The molecule has 0 heterocycles. The maximum Gasteiger partial charge on any atom is 0.0947 e. The number of nitrogens with zero attached hydrogens (tertiary/aromatic N) is 1. The lowest BCUT2D eigenvalue weighted by atomic mass is 10.2. The van der Waals surface area contributed by atoms with Gasteiger partial charge in [-0.05, 0) is 31.9 Å². The van der Waals surface area contributed by atoms with Crippen LogP contribution in [0.1, 0.15) is 18.4 Å². The summed E-state index contributed by atoms with van der Waals surface area (Å²) in [6.07, 6.45) is 1.09. The van der Waals surface area contributed by atoms with E-state index in [2.05, 4.69) is 0 Å². The molecule has 0 atom stereocenters. The zero-order valence-corrected chi connectivity index (χ0v) is 10.7. The fourth-order valence-corrected chi connectivity index (χ4v) is 1.28. The third-order valence-corrected chi connectivity index (χ3v) is 2.27. The van der Waals surface area contributed by atoms with E-state index in [0.29, 0.717) is 26.1 Å². The standard InChI is InChI=1S/C13H21NO4/c1-12-4-6-13(7-5-12)14(17-10-2-8-15)18-11-3-9-16/h4-7,15-16H,2-3,8-11H2,1H3. The van der Waals surface area contributed by atoms with E-state index in [-0.39, 0.29) is 13.2 Å². The van der Waals surface area contributed by atoms with Crippen LogP contribution in [0.3, 0.4) is 0 Å². The van der Waals surface area contributed by atoms with Crippen molar-refractivity contribution < 1.29 is 19.9 Å². The molecule has 0 unspecified atom stereocenters. The number of aryl methyl sites for hydroxylation is 1. The summed E-state index contributed by atoms with van der Waals surface area (Å²) in [5, 5.41) is 18.8. The van der Waals surface area contributed by atoms with Crippen LogP contribution in [0.15, 0.2) is 24.3 Å². The molecule has 0 fully saturated rings. The number of anilines is 1. The molecule has 0 bridgehead atoms. The van der Waals surface area contributed by atoms with Crippen molar-refractivity contribution in [3.05, 3.63) is 29.8 Å². The van der Waals surface area contributed by atoms with Crippen molar-refractivity contribution in [3.63, 3.8) is 0 Å². The largest absolute Gasteiger partial charge is 0.396 e. The van der Waals surface area contributed by atoms with Crippen molar-refractivity contribution in [2.75, 3.05) is 31.7 Å². The Morgan fingerprint density at radius 1 is 0.944 bits per heavy atom. The maximum atomic E-state index is 8.73. The quantitative estimate of drug-likeness (QED) is 0.516. The fourth-order valence-electron chi connectivity index (χ4n) is 1.28. The number of aliphatic hydroxyl groups is 2. The molecular weight excluding hydrogens is 234 g/mol. The molecule has 2 N–H and O–H groups in total. The van der Waals surface area contributed by atoms with Crippen LogP contribution < -0.4 is 5.23 Å². The zero-order chi connectivity index (χ0) is 13.2. The van der Waals surface area contributed by atoms with Crippen molar-refractivity contribution in [3.8, 4) is 0 Å². The highest BCUT2D eigenvalue weighted by atomic mass is 16.9. The Balaban J connectivity index is 2.54. The van der Waals surface area contributed by atoms with Gasteiger partial charge in [0.15, 0.2) is 0 Å². The lowest BCUT2D eigenvalue weighted by Crippen LogP contribution is -2.25. The number of benzene rings is 1. The predicted octanol–water partition coefficient (Wildman–Crippen LogP) is 1.43. The predicted molar refractivity (Wildman–Crippen MR) is 69.0 cm³/mol. The summed E-state index contributed by atoms with van der Waals surface area (Å²) in [5.41, 5.74) is 1.95. The number of aliphatic hydroxyl groups excluding tert-OH is 2. The first-order valence-corrected chi connectivity index (χ1v) is 6.12. The zero-order valence-electron chi connectivity index (χ0n) is 10.7. The molecule has 0 saturated carbocycles. The van der Waals surface area contributed by atoms with E-state index in [9.17, 15) is 0 Å². The van der Waals surface area contributed by atoms with Crippen LogP contribution in [0.5, 0.6) is 0 Å². The normalized spacial score (nSPS) is 10.6. The van der Waals surface area contributed by atoms with Gasteiger partial charge < -0.3 is 10.2 Å². The summed E-state index contributed by atoms with van der Waals surface area (Å²) in [4.78, 5) is 10.8. The van der Waals surface area contributed by atoms with E-state index < -0.39 is 0 Å². The van der Waals surface area contributed by atoms with Crippen molar-refractivity contribution in [2.24, 2.45) is 0 Å². The number of hydrogen-bond acceptors (Lipinski definition) is 5. The molecule has 0 saturated heterocycles. The first-order chi connectivity index (χ1) is 8.77.